The third-order valence-electron chi connectivity index (χ3n) is 5.46. The number of carbonyl (C=O) groups is 4. The van der Waals surface area contributed by atoms with Crippen molar-refractivity contribution in [1.82, 2.24) is 4.90 Å². The molecular weight excluding hydrogens is 370 g/mol. The van der Waals surface area contributed by atoms with Gasteiger partial charge in [-0.1, -0.05) is 49.2 Å². The molecule has 2 aromatic carbocycles. The fourth-order valence-corrected chi connectivity index (χ4v) is 3.93. The molecule has 6 nitrogen and oxygen atoms in total. The first-order valence-corrected chi connectivity index (χ1v) is 9.84. The number of ether oxygens (including phenoxy) is 1. The lowest BCUT2D eigenvalue weighted by atomic mass is 9.82. The molecule has 1 aliphatic carbocycles. The average molecular weight is 391 g/mol. The molecule has 0 radical (unpaired) electrons. The monoisotopic (exact) mass is 391 g/mol. The van der Waals surface area contributed by atoms with Crippen molar-refractivity contribution in [2.75, 3.05) is 19.7 Å². The number of amides is 1. The van der Waals surface area contributed by atoms with E-state index in [1.807, 2.05) is 0 Å². The van der Waals surface area contributed by atoms with E-state index in [9.17, 15) is 19.2 Å². The highest BCUT2D eigenvalue weighted by atomic mass is 16.5. The summed E-state index contributed by atoms with van der Waals surface area (Å²) in [7, 11) is 0. The average Bonchev–Trinajstić information content (AvgIpc) is 3.05. The maximum Gasteiger partial charge on any atom is 0.339 e. The van der Waals surface area contributed by atoms with Gasteiger partial charge in [0.25, 0.3) is 5.91 Å². The van der Waals surface area contributed by atoms with Crippen LogP contribution in [0.1, 0.15) is 67.9 Å². The zero-order valence-electron chi connectivity index (χ0n) is 16.0. The van der Waals surface area contributed by atoms with Gasteiger partial charge in [0, 0.05) is 35.3 Å². The Balaban J connectivity index is 1.55. The molecule has 0 unspecified atom stereocenters. The van der Waals surface area contributed by atoms with Gasteiger partial charge in [0.05, 0.1) is 5.56 Å². The van der Waals surface area contributed by atoms with E-state index in [2.05, 4.69) is 0 Å². The Labute approximate surface area is 168 Å². The Hall–Kier alpha value is -3.28. The number of hydrogen-bond acceptors (Lipinski definition) is 5. The predicted molar refractivity (Wildman–Crippen MR) is 105 cm³/mol. The van der Waals surface area contributed by atoms with E-state index in [-0.39, 0.29) is 46.3 Å². The number of likely N-dealkylation sites (tertiary alicyclic amines) is 1. The van der Waals surface area contributed by atoms with E-state index in [0.717, 1.165) is 25.7 Å². The molecule has 4 rings (SSSR count). The van der Waals surface area contributed by atoms with Crippen LogP contribution >= 0.6 is 0 Å². The SMILES string of the molecule is O=C(OCC(=O)N1CCCCCC1)c1cccc2c1C(=O)c1ccccc1C2=O. The molecule has 0 saturated carbocycles. The third-order valence-corrected chi connectivity index (χ3v) is 5.46. The first-order valence-electron chi connectivity index (χ1n) is 9.84. The topological polar surface area (TPSA) is 80.8 Å². The molecule has 1 saturated heterocycles. The van der Waals surface area contributed by atoms with Gasteiger partial charge in [-0.25, -0.2) is 4.79 Å². The van der Waals surface area contributed by atoms with Crippen molar-refractivity contribution < 1.29 is 23.9 Å². The molecule has 1 amide bonds. The number of hydrogen-bond donors (Lipinski definition) is 0. The molecule has 148 valence electrons. The maximum absolute atomic E-state index is 13.0. The number of nitrogens with zero attached hydrogens (tertiary/aromatic N) is 1. The summed E-state index contributed by atoms with van der Waals surface area (Å²) < 4.78 is 5.23. The van der Waals surface area contributed by atoms with Crippen LogP contribution in [-0.2, 0) is 9.53 Å². The molecule has 6 heteroatoms. The molecule has 0 atom stereocenters. The zero-order chi connectivity index (χ0) is 20.4. The van der Waals surface area contributed by atoms with Crippen LogP contribution in [0.15, 0.2) is 42.5 Å². The highest BCUT2D eigenvalue weighted by molar-refractivity contribution is 6.30. The largest absolute Gasteiger partial charge is 0.452 e. The predicted octanol–water partition coefficient (Wildman–Crippen LogP) is 3.02. The van der Waals surface area contributed by atoms with E-state index in [4.69, 9.17) is 4.74 Å². The van der Waals surface area contributed by atoms with Gasteiger partial charge in [0.15, 0.2) is 18.2 Å². The number of ketones is 2. The van der Waals surface area contributed by atoms with Crippen molar-refractivity contribution in [1.29, 1.82) is 0 Å². The molecule has 1 aliphatic heterocycles. The van der Waals surface area contributed by atoms with Crippen LogP contribution < -0.4 is 0 Å². The van der Waals surface area contributed by atoms with Crippen molar-refractivity contribution in [3.63, 3.8) is 0 Å². The van der Waals surface area contributed by atoms with Crippen LogP contribution in [0, 0.1) is 0 Å². The summed E-state index contributed by atoms with van der Waals surface area (Å²) >= 11 is 0. The minimum Gasteiger partial charge on any atom is -0.452 e. The van der Waals surface area contributed by atoms with Gasteiger partial charge in [-0.2, -0.15) is 0 Å². The molecule has 0 spiro atoms. The number of rotatable bonds is 3. The highest BCUT2D eigenvalue weighted by Gasteiger charge is 2.33. The van der Waals surface area contributed by atoms with Gasteiger partial charge in [-0.3, -0.25) is 14.4 Å². The Morgan fingerprint density at radius 3 is 2.10 bits per heavy atom. The van der Waals surface area contributed by atoms with Crippen molar-refractivity contribution in [2.45, 2.75) is 25.7 Å². The Morgan fingerprint density at radius 1 is 0.793 bits per heavy atom. The fraction of sp³-hybridized carbons (Fsp3) is 0.304. The lowest BCUT2D eigenvalue weighted by Gasteiger charge is -2.21. The minimum atomic E-state index is -0.773. The number of fused-ring (bicyclic) bond motifs is 2. The number of esters is 1. The Morgan fingerprint density at radius 2 is 1.41 bits per heavy atom. The van der Waals surface area contributed by atoms with Crippen LogP contribution in [0.5, 0.6) is 0 Å². The van der Waals surface area contributed by atoms with Crippen LogP contribution in [0.25, 0.3) is 0 Å². The smallest absolute Gasteiger partial charge is 0.339 e. The molecule has 0 N–H and O–H groups in total. The van der Waals surface area contributed by atoms with Crippen LogP contribution in [-0.4, -0.2) is 48.0 Å². The Kier molecular flexibility index (Phi) is 5.25. The molecule has 1 heterocycles. The summed E-state index contributed by atoms with van der Waals surface area (Å²) in [4.78, 5) is 52.5. The summed E-state index contributed by atoms with van der Waals surface area (Å²) in [5.74, 6) is -1.70. The molecule has 2 aromatic rings. The molecule has 2 aliphatic rings. The van der Waals surface area contributed by atoms with E-state index >= 15 is 0 Å². The van der Waals surface area contributed by atoms with E-state index < -0.39 is 5.97 Å². The van der Waals surface area contributed by atoms with Gasteiger partial charge in [0.1, 0.15) is 0 Å². The van der Waals surface area contributed by atoms with Crippen LogP contribution in [0.4, 0.5) is 0 Å². The summed E-state index contributed by atoms with van der Waals surface area (Å²) in [6.45, 7) is 0.961. The summed E-state index contributed by atoms with van der Waals surface area (Å²) in [5.41, 5.74) is 0.835. The second-order valence-electron chi connectivity index (χ2n) is 7.30. The molecule has 1 fully saturated rings. The van der Waals surface area contributed by atoms with Crippen LogP contribution in [0.3, 0.4) is 0 Å². The molecule has 0 bridgehead atoms. The minimum absolute atomic E-state index is 0.0130. The van der Waals surface area contributed by atoms with Crippen molar-refractivity contribution in [2.24, 2.45) is 0 Å². The Bertz CT molecular complexity index is 1000. The normalized spacial score (nSPS) is 15.9. The lowest BCUT2D eigenvalue weighted by Crippen LogP contribution is -2.35. The highest BCUT2D eigenvalue weighted by Crippen LogP contribution is 2.29. The second kappa shape index (κ2) is 7.99. The van der Waals surface area contributed by atoms with Gasteiger partial charge >= 0.3 is 5.97 Å². The van der Waals surface area contributed by atoms with E-state index in [1.54, 1.807) is 35.2 Å². The quantitative estimate of drug-likeness (QED) is 0.641. The maximum atomic E-state index is 13.0. The molecule has 0 aromatic heterocycles. The summed E-state index contributed by atoms with van der Waals surface area (Å²) in [6, 6.07) is 11.1. The summed E-state index contributed by atoms with van der Waals surface area (Å²) in [6.07, 6.45) is 4.08. The van der Waals surface area contributed by atoms with Crippen molar-refractivity contribution in [3.05, 3.63) is 70.3 Å². The first-order chi connectivity index (χ1) is 14.1. The number of benzene rings is 2. The summed E-state index contributed by atoms with van der Waals surface area (Å²) in [5, 5.41) is 0. The van der Waals surface area contributed by atoms with Gasteiger partial charge < -0.3 is 9.64 Å². The van der Waals surface area contributed by atoms with Gasteiger partial charge in [-0.05, 0) is 18.9 Å². The van der Waals surface area contributed by atoms with E-state index in [1.165, 1.54) is 12.1 Å². The van der Waals surface area contributed by atoms with E-state index in [0.29, 0.717) is 18.7 Å². The van der Waals surface area contributed by atoms with Gasteiger partial charge in [-0.15, -0.1) is 0 Å². The fourth-order valence-electron chi connectivity index (χ4n) is 3.93. The van der Waals surface area contributed by atoms with Crippen molar-refractivity contribution >= 4 is 23.4 Å². The van der Waals surface area contributed by atoms with Gasteiger partial charge in [0.2, 0.25) is 0 Å². The third kappa shape index (κ3) is 3.58. The molecular formula is C23H21NO5. The van der Waals surface area contributed by atoms with Crippen molar-refractivity contribution in [3.8, 4) is 0 Å². The van der Waals surface area contributed by atoms with Crippen LogP contribution in [0.2, 0.25) is 0 Å². The first kappa shape index (κ1) is 19.1. The molecule has 29 heavy (non-hydrogen) atoms. The zero-order valence-corrected chi connectivity index (χ0v) is 16.0. The lowest BCUT2D eigenvalue weighted by molar-refractivity contribution is -0.134. The second-order valence-corrected chi connectivity index (χ2v) is 7.30. The number of carbonyl (C=O) groups excluding carboxylic acids is 4. The standard InChI is InChI=1S/C23H21NO5/c25-19(24-12-5-1-2-6-13-24)14-29-23(28)18-11-7-10-17-20(18)22(27)16-9-4-3-8-15(16)21(17)26/h3-4,7-11H,1-2,5-6,12-14H2.